The number of aliphatic carboxylic acids is 1. The lowest BCUT2D eigenvalue weighted by Gasteiger charge is -2.23. The van der Waals surface area contributed by atoms with Gasteiger partial charge in [-0.1, -0.05) is 12.1 Å². The second-order valence-electron chi connectivity index (χ2n) is 4.76. The molecule has 2 rings (SSSR count). The van der Waals surface area contributed by atoms with Crippen LogP contribution in [0.25, 0.3) is 0 Å². The summed E-state index contributed by atoms with van der Waals surface area (Å²) in [6.45, 7) is 1.75. The summed E-state index contributed by atoms with van der Waals surface area (Å²) in [6.07, 6.45) is 3.43. The Kier molecular flexibility index (Phi) is 4.31. The quantitative estimate of drug-likeness (QED) is 0.873. The largest absolute Gasteiger partial charge is 0.480 e. The van der Waals surface area contributed by atoms with Crippen LogP contribution in [-0.4, -0.2) is 35.1 Å². The molecule has 1 atom stereocenters. The van der Waals surface area contributed by atoms with Gasteiger partial charge in [0.2, 0.25) is 0 Å². The number of halogens is 1. The molecule has 0 aliphatic carbocycles. The molecule has 1 aliphatic heterocycles. The molecule has 98 valence electrons. The molecular formula is C14H18FNO2. The van der Waals surface area contributed by atoms with Crippen molar-refractivity contribution in [3.8, 4) is 0 Å². The molecule has 1 unspecified atom stereocenters. The maximum atomic E-state index is 12.8. The van der Waals surface area contributed by atoms with Crippen molar-refractivity contribution in [2.45, 2.75) is 31.7 Å². The minimum absolute atomic E-state index is 0.256. The lowest BCUT2D eigenvalue weighted by atomic mass is 10.0. The highest BCUT2D eigenvalue weighted by molar-refractivity contribution is 5.73. The van der Waals surface area contributed by atoms with Crippen LogP contribution in [0.4, 0.5) is 4.39 Å². The second-order valence-corrected chi connectivity index (χ2v) is 4.76. The number of carbonyl (C=O) groups is 1. The minimum Gasteiger partial charge on any atom is -0.480 e. The summed E-state index contributed by atoms with van der Waals surface area (Å²) >= 11 is 0. The summed E-state index contributed by atoms with van der Waals surface area (Å²) in [5.74, 6) is -1.01. The van der Waals surface area contributed by atoms with Crippen molar-refractivity contribution in [2.75, 3.05) is 13.1 Å². The van der Waals surface area contributed by atoms with E-state index in [1.165, 1.54) is 12.1 Å². The summed E-state index contributed by atoms with van der Waals surface area (Å²) in [7, 11) is 0. The van der Waals surface area contributed by atoms with Crippen molar-refractivity contribution in [2.24, 2.45) is 0 Å². The van der Waals surface area contributed by atoms with Gasteiger partial charge in [-0.25, -0.2) is 4.39 Å². The van der Waals surface area contributed by atoms with E-state index in [9.17, 15) is 14.3 Å². The number of carboxylic acid groups (broad SMARTS) is 1. The van der Waals surface area contributed by atoms with Gasteiger partial charge in [0.1, 0.15) is 11.9 Å². The Bertz CT molecular complexity index is 399. The van der Waals surface area contributed by atoms with Crippen LogP contribution in [0.2, 0.25) is 0 Å². The molecule has 0 saturated carbocycles. The third kappa shape index (κ3) is 3.29. The molecule has 1 aromatic carbocycles. The lowest BCUT2D eigenvalue weighted by molar-refractivity contribution is -0.143. The van der Waals surface area contributed by atoms with Crippen molar-refractivity contribution in [3.63, 3.8) is 0 Å². The van der Waals surface area contributed by atoms with Gasteiger partial charge in [-0.05, 0) is 56.5 Å². The maximum absolute atomic E-state index is 12.8. The molecule has 3 nitrogen and oxygen atoms in total. The minimum atomic E-state index is -0.751. The number of nitrogens with zero attached hydrogens (tertiary/aromatic N) is 1. The first-order chi connectivity index (χ1) is 8.66. The highest BCUT2D eigenvalue weighted by Crippen LogP contribution is 2.16. The molecule has 1 N–H and O–H groups in total. The zero-order valence-electron chi connectivity index (χ0n) is 10.3. The standard InChI is InChI=1S/C14H18FNO2/c15-12-6-3-11(4-7-12)5-8-13(14(17)18)16-9-1-2-10-16/h3-4,6-7,13H,1-2,5,8-10H2,(H,17,18). The number of likely N-dealkylation sites (tertiary alicyclic amines) is 1. The number of hydrogen-bond donors (Lipinski definition) is 1. The van der Waals surface area contributed by atoms with Gasteiger partial charge in [-0.3, -0.25) is 9.69 Å². The van der Waals surface area contributed by atoms with Gasteiger partial charge in [-0.15, -0.1) is 0 Å². The first kappa shape index (κ1) is 13.0. The Morgan fingerprint density at radius 1 is 1.28 bits per heavy atom. The summed E-state index contributed by atoms with van der Waals surface area (Å²) < 4.78 is 12.8. The number of aryl methyl sites for hydroxylation is 1. The fourth-order valence-corrected chi connectivity index (χ4v) is 2.47. The normalized spacial score (nSPS) is 17.8. The summed E-state index contributed by atoms with van der Waals surface area (Å²) in [6, 6.07) is 5.87. The number of carboxylic acids is 1. The van der Waals surface area contributed by atoms with Crippen molar-refractivity contribution < 1.29 is 14.3 Å². The topological polar surface area (TPSA) is 40.5 Å². The Balaban J connectivity index is 1.93. The van der Waals surface area contributed by atoms with Crippen LogP contribution in [0.5, 0.6) is 0 Å². The van der Waals surface area contributed by atoms with Crippen molar-refractivity contribution in [1.82, 2.24) is 4.90 Å². The predicted octanol–water partition coefficient (Wildman–Crippen LogP) is 2.31. The van der Waals surface area contributed by atoms with Crippen LogP contribution in [0.3, 0.4) is 0 Å². The molecule has 0 amide bonds. The van der Waals surface area contributed by atoms with E-state index in [1.807, 2.05) is 4.90 Å². The fourth-order valence-electron chi connectivity index (χ4n) is 2.47. The van der Waals surface area contributed by atoms with E-state index in [-0.39, 0.29) is 5.82 Å². The van der Waals surface area contributed by atoms with Gasteiger partial charge in [0.25, 0.3) is 0 Å². The second kappa shape index (κ2) is 5.96. The third-order valence-electron chi connectivity index (χ3n) is 3.49. The molecule has 0 spiro atoms. The van der Waals surface area contributed by atoms with Crippen LogP contribution in [0.15, 0.2) is 24.3 Å². The maximum Gasteiger partial charge on any atom is 0.320 e. The van der Waals surface area contributed by atoms with Gasteiger partial charge in [0.05, 0.1) is 0 Å². The fraction of sp³-hybridized carbons (Fsp3) is 0.500. The van der Waals surface area contributed by atoms with E-state index in [4.69, 9.17) is 0 Å². The van der Waals surface area contributed by atoms with E-state index in [0.29, 0.717) is 12.8 Å². The molecule has 1 aromatic rings. The average Bonchev–Trinajstić information content (AvgIpc) is 2.85. The SMILES string of the molecule is O=C(O)C(CCc1ccc(F)cc1)N1CCCC1. The zero-order valence-corrected chi connectivity index (χ0v) is 10.3. The first-order valence-corrected chi connectivity index (χ1v) is 6.38. The Hall–Kier alpha value is -1.42. The molecule has 4 heteroatoms. The van der Waals surface area contributed by atoms with Gasteiger partial charge in [0, 0.05) is 0 Å². The van der Waals surface area contributed by atoms with E-state index >= 15 is 0 Å². The first-order valence-electron chi connectivity index (χ1n) is 6.38. The highest BCUT2D eigenvalue weighted by Gasteiger charge is 2.27. The predicted molar refractivity (Wildman–Crippen MR) is 67.0 cm³/mol. The van der Waals surface area contributed by atoms with E-state index < -0.39 is 12.0 Å². The zero-order chi connectivity index (χ0) is 13.0. The molecule has 1 aliphatic rings. The van der Waals surface area contributed by atoms with Crippen LogP contribution in [-0.2, 0) is 11.2 Å². The molecule has 1 saturated heterocycles. The summed E-state index contributed by atoms with van der Waals surface area (Å²) in [5.41, 5.74) is 0.988. The molecule has 0 aromatic heterocycles. The van der Waals surface area contributed by atoms with Crippen molar-refractivity contribution >= 4 is 5.97 Å². The Morgan fingerprint density at radius 3 is 2.44 bits per heavy atom. The van der Waals surface area contributed by atoms with E-state index in [1.54, 1.807) is 12.1 Å². The van der Waals surface area contributed by atoms with Crippen molar-refractivity contribution in [1.29, 1.82) is 0 Å². The monoisotopic (exact) mass is 251 g/mol. The van der Waals surface area contributed by atoms with E-state index in [2.05, 4.69) is 0 Å². The van der Waals surface area contributed by atoms with Crippen LogP contribution in [0.1, 0.15) is 24.8 Å². The van der Waals surface area contributed by atoms with Crippen molar-refractivity contribution in [3.05, 3.63) is 35.6 Å². The van der Waals surface area contributed by atoms with Crippen LogP contribution >= 0.6 is 0 Å². The number of hydrogen-bond acceptors (Lipinski definition) is 2. The van der Waals surface area contributed by atoms with E-state index in [0.717, 1.165) is 31.5 Å². The molecule has 1 heterocycles. The number of benzene rings is 1. The molecule has 1 fully saturated rings. The van der Waals surface area contributed by atoms with Gasteiger partial charge >= 0.3 is 5.97 Å². The highest BCUT2D eigenvalue weighted by atomic mass is 19.1. The van der Waals surface area contributed by atoms with Gasteiger partial charge in [0.15, 0.2) is 0 Å². The molecule has 0 bridgehead atoms. The summed E-state index contributed by atoms with van der Waals surface area (Å²) in [5, 5.41) is 9.25. The van der Waals surface area contributed by atoms with Gasteiger partial charge in [-0.2, -0.15) is 0 Å². The molecule has 0 radical (unpaired) electrons. The average molecular weight is 251 g/mol. The van der Waals surface area contributed by atoms with Crippen LogP contribution in [0, 0.1) is 5.82 Å². The molecular weight excluding hydrogens is 233 g/mol. The summed E-state index contributed by atoms with van der Waals surface area (Å²) in [4.78, 5) is 13.3. The van der Waals surface area contributed by atoms with Gasteiger partial charge < -0.3 is 5.11 Å². The smallest absolute Gasteiger partial charge is 0.320 e. The van der Waals surface area contributed by atoms with Crippen LogP contribution < -0.4 is 0 Å². The Morgan fingerprint density at radius 2 is 1.89 bits per heavy atom. The third-order valence-corrected chi connectivity index (χ3v) is 3.49. The number of rotatable bonds is 5. The molecule has 18 heavy (non-hydrogen) atoms. The lowest BCUT2D eigenvalue weighted by Crippen LogP contribution is -2.39. The Labute approximate surface area is 106 Å².